The normalized spacial score (nSPS) is 20.5. The SMILES string of the molecule is CN(CC1CCC(NC(=O)c2ccco2)CC1)C(=O)c1ccco1. The highest BCUT2D eigenvalue weighted by Crippen LogP contribution is 2.25. The molecule has 1 N–H and O–H groups in total. The minimum absolute atomic E-state index is 0.0896. The van der Waals surface area contributed by atoms with Gasteiger partial charge in [0.1, 0.15) is 0 Å². The van der Waals surface area contributed by atoms with Crippen LogP contribution in [-0.4, -0.2) is 36.3 Å². The summed E-state index contributed by atoms with van der Waals surface area (Å²) in [5.74, 6) is 0.922. The minimum Gasteiger partial charge on any atom is -0.459 e. The van der Waals surface area contributed by atoms with Crippen LogP contribution in [0.3, 0.4) is 0 Å². The van der Waals surface area contributed by atoms with Crippen LogP contribution in [0, 0.1) is 5.92 Å². The van der Waals surface area contributed by atoms with Gasteiger partial charge in [0, 0.05) is 19.6 Å². The molecule has 0 bridgehead atoms. The molecule has 1 fully saturated rings. The average Bonchev–Trinajstić information content (AvgIpc) is 3.29. The highest BCUT2D eigenvalue weighted by Gasteiger charge is 2.26. The fourth-order valence-corrected chi connectivity index (χ4v) is 3.21. The van der Waals surface area contributed by atoms with Crippen molar-refractivity contribution >= 4 is 11.8 Å². The molecule has 0 aliphatic heterocycles. The van der Waals surface area contributed by atoms with E-state index >= 15 is 0 Å². The van der Waals surface area contributed by atoms with Gasteiger partial charge in [-0.25, -0.2) is 0 Å². The lowest BCUT2D eigenvalue weighted by molar-refractivity contribution is 0.0723. The molecule has 2 aromatic heterocycles. The number of rotatable bonds is 5. The van der Waals surface area contributed by atoms with Crippen molar-refractivity contribution in [2.45, 2.75) is 31.7 Å². The highest BCUT2D eigenvalue weighted by atomic mass is 16.3. The summed E-state index contributed by atoms with van der Waals surface area (Å²) >= 11 is 0. The summed E-state index contributed by atoms with van der Waals surface area (Å²) in [7, 11) is 1.80. The van der Waals surface area contributed by atoms with E-state index in [2.05, 4.69) is 5.32 Å². The Morgan fingerprint density at radius 3 is 2.29 bits per heavy atom. The van der Waals surface area contributed by atoms with Gasteiger partial charge >= 0.3 is 0 Å². The summed E-state index contributed by atoms with van der Waals surface area (Å²) in [5.41, 5.74) is 0. The number of carbonyl (C=O) groups excluding carboxylic acids is 2. The first-order valence-corrected chi connectivity index (χ1v) is 8.27. The maximum Gasteiger partial charge on any atom is 0.289 e. The molecule has 128 valence electrons. The van der Waals surface area contributed by atoms with Crippen LogP contribution in [0.4, 0.5) is 0 Å². The molecule has 1 aliphatic carbocycles. The second-order valence-electron chi connectivity index (χ2n) is 6.33. The van der Waals surface area contributed by atoms with Crippen molar-refractivity contribution in [2.24, 2.45) is 5.92 Å². The lowest BCUT2D eigenvalue weighted by Crippen LogP contribution is -2.40. The van der Waals surface area contributed by atoms with E-state index < -0.39 is 0 Å². The Labute approximate surface area is 140 Å². The maximum atomic E-state index is 12.2. The first kappa shape index (κ1) is 16.4. The molecule has 3 rings (SSSR count). The second-order valence-corrected chi connectivity index (χ2v) is 6.33. The van der Waals surface area contributed by atoms with Crippen LogP contribution in [0.2, 0.25) is 0 Å². The third-order valence-electron chi connectivity index (χ3n) is 4.54. The summed E-state index contributed by atoms with van der Waals surface area (Å²) < 4.78 is 10.3. The number of nitrogens with zero attached hydrogens (tertiary/aromatic N) is 1. The van der Waals surface area contributed by atoms with Gasteiger partial charge in [-0.15, -0.1) is 0 Å². The predicted octanol–water partition coefficient (Wildman–Crippen LogP) is 2.93. The molecule has 6 nitrogen and oxygen atoms in total. The summed E-state index contributed by atoms with van der Waals surface area (Å²) in [4.78, 5) is 25.9. The Balaban J connectivity index is 1.43. The molecule has 24 heavy (non-hydrogen) atoms. The van der Waals surface area contributed by atoms with Crippen molar-refractivity contribution in [1.82, 2.24) is 10.2 Å². The Hall–Kier alpha value is -2.50. The van der Waals surface area contributed by atoms with Gasteiger partial charge < -0.3 is 19.1 Å². The first-order chi connectivity index (χ1) is 11.6. The Kier molecular flexibility index (Phi) is 5.03. The number of hydrogen-bond donors (Lipinski definition) is 1. The Morgan fingerprint density at radius 2 is 1.71 bits per heavy atom. The van der Waals surface area contributed by atoms with Crippen molar-refractivity contribution in [3.8, 4) is 0 Å². The predicted molar refractivity (Wildman–Crippen MR) is 87.6 cm³/mol. The van der Waals surface area contributed by atoms with Crippen molar-refractivity contribution in [2.75, 3.05) is 13.6 Å². The van der Waals surface area contributed by atoms with Crippen LogP contribution in [-0.2, 0) is 0 Å². The zero-order chi connectivity index (χ0) is 16.9. The van der Waals surface area contributed by atoms with Crippen LogP contribution < -0.4 is 5.32 Å². The smallest absolute Gasteiger partial charge is 0.289 e. The fourth-order valence-electron chi connectivity index (χ4n) is 3.21. The topological polar surface area (TPSA) is 75.7 Å². The quantitative estimate of drug-likeness (QED) is 0.914. The molecule has 0 radical (unpaired) electrons. The molecule has 6 heteroatoms. The second kappa shape index (κ2) is 7.38. The summed E-state index contributed by atoms with van der Waals surface area (Å²) in [6, 6.07) is 6.94. The van der Waals surface area contributed by atoms with E-state index in [9.17, 15) is 9.59 Å². The monoisotopic (exact) mass is 330 g/mol. The first-order valence-electron chi connectivity index (χ1n) is 8.27. The van der Waals surface area contributed by atoms with E-state index in [1.54, 1.807) is 36.2 Å². The molecule has 2 aromatic rings. The molecule has 1 saturated carbocycles. The Morgan fingerprint density at radius 1 is 1.08 bits per heavy atom. The number of carbonyl (C=O) groups is 2. The number of nitrogens with one attached hydrogen (secondary N) is 1. The van der Waals surface area contributed by atoms with Crippen LogP contribution >= 0.6 is 0 Å². The number of hydrogen-bond acceptors (Lipinski definition) is 4. The van der Waals surface area contributed by atoms with E-state index in [0.717, 1.165) is 25.7 Å². The van der Waals surface area contributed by atoms with Gasteiger partial charge in [-0.05, 0) is 55.9 Å². The van der Waals surface area contributed by atoms with Gasteiger partial charge in [-0.3, -0.25) is 9.59 Å². The van der Waals surface area contributed by atoms with Crippen LogP contribution in [0.5, 0.6) is 0 Å². The van der Waals surface area contributed by atoms with Crippen molar-refractivity contribution in [1.29, 1.82) is 0 Å². The zero-order valence-electron chi connectivity index (χ0n) is 13.7. The minimum atomic E-state index is -0.159. The lowest BCUT2D eigenvalue weighted by Gasteiger charge is -2.31. The molecule has 0 atom stereocenters. The molecule has 2 amide bonds. The van der Waals surface area contributed by atoms with Crippen molar-refractivity contribution < 1.29 is 18.4 Å². The van der Waals surface area contributed by atoms with Gasteiger partial charge in [-0.1, -0.05) is 0 Å². The van der Waals surface area contributed by atoms with Gasteiger partial charge in [0.05, 0.1) is 12.5 Å². The zero-order valence-corrected chi connectivity index (χ0v) is 13.7. The van der Waals surface area contributed by atoms with Crippen molar-refractivity contribution in [3.63, 3.8) is 0 Å². The van der Waals surface area contributed by atoms with E-state index in [1.165, 1.54) is 12.5 Å². The molecular weight excluding hydrogens is 308 g/mol. The molecule has 0 unspecified atom stereocenters. The third-order valence-corrected chi connectivity index (χ3v) is 4.54. The van der Waals surface area contributed by atoms with Gasteiger partial charge in [0.2, 0.25) is 0 Å². The van der Waals surface area contributed by atoms with Gasteiger partial charge in [0.15, 0.2) is 11.5 Å². The van der Waals surface area contributed by atoms with E-state index in [0.29, 0.717) is 24.0 Å². The van der Waals surface area contributed by atoms with Crippen LogP contribution in [0.15, 0.2) is 45.6 Å². The van der Waals surface area contributed by atoms with Crippen molar-refractivity contribution in [3.05, 3.63) is 48.3 Å². The summed E-state index contributed by atoms with van der Waals surface area (Å²) in [5, 5.41) is 3.01. The fraction of sp³-hybridized carbons (Fsp3) is 0.444. The highest BCUT2D eigenvalue weighted by molar-refractivity contribution is 5.91. The maximum absolute atomic E-state index is 12.2. The molecule has 0 saturated heterocycles. The molecule has 0 spiro atoms. The van der Waals surface area contributed by atoms with E-state index in [1.807, 2.05) is 0 Å². The molecular formula is C18H22N2O4. The summed E-state index contributed by atoms with van der Waals surface area (Å²) in [6.07, 6.45) is 6.81. The number of furan rings is 2. The van der Waals surface area contributed by atoms with E-state index in [-0.39, 0.29) is 17.9 Å². The third kappa shape index (κ3) is 3.88. The van der Waals surface area contributed by atoms with Gasteiger partial charge in [0.25, 0.3) is 11.8 Å². The molecule has 0 aromatic carbocycles. The van der Waals surface area contributed by atoms with Gasteiger partial charge in [-0.2, -0.15) is 0 Å². The van der Waals surface area contributed by atoms with E-state index in [4.69, 9.17) is 8.83 Å². The Bertz CT molecular complexity index is 655. The summed E-state index contributed by atoms with van der Waals surface area (Å²) in [6.45, 7) is 0.707. The standard InChI is InChI=1S/C18H22N2O4/c1-20(18(22)16-5-3-11-24-16)12-13-6-8-14(9-7-13)19-17(21)15-4-2-10-23-15/h2-5,10-11,13-14H,6-9,12H2,1H3,(H,19,21). The number of amides is 2. The molecule has 1 aliphatic rings. The lowest BCUT2D eigenvalue weighted by atomic mass is 9.85. The molecule has 2 heterocycles. The van der Waals surface area contributed by atoms with Crippen LogP contribution in [0.1, 0.15) is 46.8 Å². The average molecular weight is 330 g/mol. The largest absolute Gasteiger partial charge is 0.459 e. The van der Waals surface area contributed by atoms with Crippen LogP contribution in [0.25, 0.3) is 0 Å².